The van der Waals surface area contributed by atoms with E-state index in [4.69, 9.17) is 18.9 Å². The van der Waals surface area contributed by atoms with Crippen LogP contribution in [0.3, 0.4) is 0 Å². The molecule has 0 amide bonds. The van der Waals surface area contributed by atoms with Gasteiger partial charge in [-0.3, -0.25) is 0 Å². The van der Waals surface area contributed by atoms with Crippen LogP contribution in [0.1, 0.15) is 16.7 Å². The zero-order valence-corrected chi connectivity index (χ0v) is 17.0. The fourth-order valence-electron chi connectivity index (χ4n) is 4.77. The Morgan fingerprint density at radius 3 is 2.13 bits per heavy atom. The second-order valence-corrected chi connectivity index (χ2v) is 7.41. The number of fused-ring (bicyclic) bond motifs is 8. The van der Waals surface area contributed by atoms with Crippen molar-refractivity contribution < 1.29 is 32.1 Å². The summed E-state index contributed by atoms with van der Waals surface area (Å²) in [5.41, 5.74) is -1.31. The summed E-state index contributed by atoms with van der Waals surface area (Å²) in [5, 5.41) is 1.28. The van der Waals surface area contributed by atoms with E-state index in [0.717, 1.165) is 7.11 Å². The third kappa shape index (κ3) is 2.42. The van der Waals surface area contributed by atoms with Gasteiger partial charge in [-0.05, 0) is 22.6 Å². The van der Waals surface area contributed by atoms with Crippen LogP contribution in [-0.4, -0.2) is 33.5 Å². The first-order valence-corrected chi connectivity index (χ1v) is 9.63. The van der Waals surface area contributed by atoms with Gasteiger partial charge < -0.3 is 18.9 Å². The smallest absolute Gasteiger partial charge is 0.426 e. The van der Waals surface area contributed by atoms with Gasteiger partial charge in [0.05, 0.1) is 0 Å². The van der Waals surface area contributed by atoms with Crippen LogP contribution in [0.25, 0.3) is 28.0 Å². The molecule has 1 heterocycles. The maximum absolute atomic E-state index is 14.8. The molecule has 31 heavy (non-hydrogen) atoms. The van der Waals surface area contributed by atoms with Crippen molar-refractivity contribution >= 4 is 16.8 Å². The number of rotatable bonds is 3. The average Bonchev–Trinajstić information content (AvgIpc) is 3.10. The van der Waals surface area contributed by atoms with Gasteiger partial charge in [0, 0.05) is 49.5 Å². The van der Waals surface area contributed by atoms with E-state index in [1.165, 1.54) is 26.4 Å². The summed E-state index contributed by atoms with van der Waals surface area (Å²) in [4.78, 5) is 0. The monoisotopic (exact) mass is 428 g/mol. The predicted molar refractivity (Wildman–Crippen MR) is 110 cm³/mol. The maximum Gasteiger partial charge on any atom is 0.426 e. The third-order valence-corrected chi connectivity index (χ3v) is 6.11. The summed E-state index contributed by atoms with van der Waals surface area (Å²) in [7, 11) is 3.89. The predicted octanol–water partition coefficient (Wildman–Crippen LogP) is 5.62. The Balaban J connectivity index is 1.99. The van der Waals surface area contributed by atoms with Gasteiger partial charge in [-0.1, -0.05) is 48.5 Å². The molecule has 160 valence electrons. The molecule has 1 aliphatic carbocycles. The lowest BCUT2D eigenvalue weighted by atomic mass is 9.84. The first-order chi connectivity index (χ1) is 14.8. The molecule has 0 fully saturated rings. The van der Waals surface area contributed by atoms with E-state index in [-0.39, 0.29) is 22.4 Å². The lowest BCUT2D eigenvalue weighted by molar-refractivity contribution is -0.287. The van der Waals surface area contributed by atoms with Gasteiger partial charge in [0.15, 0.2) is 0 Å². The van der Waals surface area contributed by atoms with Gasteiger partial charge in [-0.15, -0.1) is 0 Å². The lowest BCUT2D eigenvalue weighted by Crippen LogP contribution is -2.45. The zero-order valence-electron chi connectivity index (χ0n) is 17.0. The summed E-state index contributed by atoms with van der Waals surface area (Å²) in [6.07, 6.45) is -1.70. The number of alkyl halides is 3. The van der Waals surface area contributed by atoms with Crippen LogP contribution in [0.2, 0.25) is 0 Å². The molecule has 5 rings (SSSR count). The minimum absolute atomic E-state index is 0.00876. The molecule has 1 aliphatic heterocycles. The van der Waals surface area contributed by atoms with Crippen molar-refractivity contribution in [3.63, 3.8) is 0 Å². The van der Waals surface area contributed by atoms with E-state index in [0.29, 0.717) is 21.9 Å². The quantitative estimate of drug-likeness (QED) is 0.507. The Hall–Kier alpha value is -2.87. The summed E-state index contributed by atoms with van der Waals surface area (Å²) < 4.78 is 66.5. The van der Waals surface area contributed by atoms with Crippen LogP contribution >= 0.6 is 0 Å². The molecule has 1 unspecified atom stereocenters. The number of hydrogen-bond donors (Lipinski definition) is 0. The number of methoxy groups -OCH3 is 3. The summed E-state index contributed by atoms with van der Waals surface area (Å²) in [6, 6.07) is 13.7. The molecule has 1 atom stereocenters. The molecule has 7 heteroatoms. The Labute approximate surface area is 176 Å². The largest absolute Gasteiger partial charge is 0.435 e. The van der Waals surface area contributed by atoms with Gasteiger partial charge in [0.2, 0.25) is 5.60 Å². The molecule has 3 aromatic rings. The van der Waals surface area contributed by atoms with Gasteiger partial charge in [-0.2, -0.15) is 13.2 Å². The highest BCUT2D eigenvalue weighted by Gasteiger charge is 2.64. The Morgan fingerprint density at radius 1 is 0.839 bits per heavy atom. The number of benzene rings is 3. The van der Waals surface area contributed by atoms with Crippen molar-refractivity contribution in [2.24, 2.45) is 0 Å². The molecule has 0 radical (unpaired) electrons. The molecule has 3 aromatic carbocycles. The second-order valence-electron chi connectivity index (χ2n) is 7.41. The van der Waals surface area contributed by atoms with Crippen molar-refractivity contribution in [2.75, 3.05) is 21.3 Å². The van der Waals surface area contributed by atoms with Crippen molar-refractivity contribution in [2.45, 2.75) is 17.8 Å². The molecular formula is C24H19F3O4. The van der Waals surface area contributed by atoms with Crippen molar-refractivity contribution in [3.05, 3.63) is 71.3 Å². The Kier molecular flexibility index (Phi) is 4.25. The van der Waals surface area contributed by atoms with E-state index in [1.807, 2.05) is 12.1 Å². The van der Waals surface area contributed by atoms with Crippen LogP contribution < -0.4 is 4.74 Å². The minimum Gasteiger partial charge on any atom is -0.435 e. The highest BCUT2D eigenvalue weighted by Crippen LogP contribution is 2.62. The van der Waals surface area contributed by atoms with Crippen LogP contribution in [0.4, 0.5) is 13.2 Å². The first kappa shape index (κ1) is 20.1. The van der Waals surface area contributed by atoms with Crippen molar-refractivity contribution in [1.82, 2.24) is 0 Å². The second kappa shape index (κ2) is 6.56. The molecule has 2 aliphatic rings. The van der Waals surface area contributed by atoms with Gasteiger partial charge in [0.1, 0.15) is 5.75 Å². The topological polar surface area (TPSA) is 36.9 Å². The van der Waals surface area contributed by atoms with Crippen LogP contribution in [0, 0.1) is 0 Å². The highest BCUT2D eigenvalue weighted by molar-refractivity contribution is 6.08. The lowest BCUT2D eigenvalue weighted by Gasteiger charge is -2.37. The van der Waals surface area contributed by atoms with Crippen LogP contribution in [0.15, 0.2) is 54.6 Å². The first-order valence-electron chi connectivity index (χ1n) is 9.63. The Bertz CT molecular complexity index is 1230. The fourth-order valence-corrected chi connectivity index (χ4v) is 4.77. The maximum atomic E-state index is 14.8. The number of halogens is 3. The molecule has 0 saturated carbocycles. The van der Waals surface area contributed by atoms with E-state index in [2.05, 4.69) is 0 Å². The fraction of sp³-hybridized carbons (Fsp3) is 0.250. The standard InChI is InChI=1S/C24H19F3O4/c1-28-22(29-2)13-12-17-20-19(14-8-4-5-9-15(14)21(17)31-22)16-10-6-7-11-18(16)23(20,30-3)24(25,26)27/h4-13H,1-3H3. The molecule has 0 N–H and O–H groups in total. The van der Waals surface area contributed by atoms with E-state index in [1.54, 1.807) is 36.4 Å². The average molecular weight is 428 g/mol. The van der Waals surface area contributed by atoms with Crippen LogP contribution in [-0.2, 0) is 19.8 Å². The SMILES string of the molecule is COC1(OC)C=Cc2c3c(c4ccccc4c2O1)-c1ccccc1C3(OC)C(F)(F)F. The molecule has 0 saturated heterocycles. The summed E-state index contributed by atoms with van der Waals surface area (Å²) >= 11 is 0. The van der Waals surface area contributed by atoms with Gasteiger partial charge in [-0.25, -0.2) is 0 Å². The van der Waals surface area contributed by atoms with E-state index in [9.17, 15) is 13.2 Å². The Morgan fingerprint density at radius 2 is 1.48 bits per heavy atom. The van der Waals surface area contributed by atoms with E-state index >= 15 is 0 Å². The highest BCUT2D eigenvalue weighted by atomic mass is 19.4. The van der Waals surface area contributed by atoms with Crippen molar-refractivity contribution in [1.29, 1.82) is 0 Å². The van der Waals surface area contributed by atoms with Gasteiger partial charge in [0.25, 0.3) is 0 Å². The molecule has 4 nitrogen and oxygen atoms in total. The molecular weight excluding hydrogens is 409 g/mol. The number of hydrogen-bond acceptors (Lipinski definition) is 4. The van der Waals surface area contributed by atoms with Crippen LogP contribution in [0.5, 0.6) is 5.75 Å². The summed E-state index contributed by atoms with van der Waals surface area (Å²) in [6.45, 7) is 0. The molecule has 0 bridgehead atoms. The third-order valence-electron chi connectivity index (χ3n) is 6.11. The number of ether oxygens (including phenoxy) is 4. The van der Waals surface area contributed by atoms with Crippen molar-refractivity contribution in [3.8, 4) is 16.9 Å². The zero-order chi connectivity index (χ0) is 22.0. The summed E-state index contributed by atoms with van der Waals surface area (Å²) in [5.74, 6) is -1.29. The normalized spacial score (nSPS) is 20.8. The molecule has 0 spiro atoms. The molecule has 0 aromatic heterocycles. The van der Waals surface area contributed by atoms with E-state index < -0.39 is 17.8 Å². The minimum atomic E-state index is -4.72. The van der Waals surface area contributed by atoms with Gasteiger partial charge >= 0.3 is 12.1 Å².